The van der Waals surface area contributed by atoms with E-state index in [0.717, 1.165) is 51.4 Å². The second-order valence-corrected chi connectivity index (χ2v) is 17.2. The van der Waals surface area contributed by atoms with E-state index in [0.29, 0.717) is 25.7 Å². The van der Waals surface area contributed by atoms with Crippen molar-refractivity contribution < 1.29 is 52.6 Å². The van der Waals surface area contributed by atoms with Crippen LogP contribution in [0.2, 0.25) is 0 Å². The number of aliphatic hydroxyl groups is 1. The molecule has 0 heterocycles. The quantitative estimate of drug-likeness (QED) is 0.0196. The van der Waals surface area contributed by atoms with E-state index in [2.05, 4.69) is 60.9 Å². The Hall–Kier alpha value is -2.86. The van der Waals surface area contributed by atoms with Gasteiger partial charge in [0.2, 0.25) is 0 Å². The Bertz CT molecular complexity index is 1280. The predicted molar refractivity (Wildman–Crippen MR) is 246 cm³/mol. The van der Waals surface area contributed by atoms with Gasteiger partial charge in [0.1, 0.15) is 12.6 Å². The van der Waals surface area contributed by atoms with Crippen LogP contribution in [0.4, 0.5) is 0 Å². The number of hydrogen-bond acceptors (Lipinski definition) is 10. The molecule has 0 bridgehead atoms. The number of unbranched alkanes of at least 4 members (excludes halogenated alkanes) is 16. The standard InChI is InChI=1S/C48H84NO11P/c1-3-5-6-7-8-9-10-11-12-13-14-15-16-19-22-25-28-31-34-38-46(51)57-40-44(41-58-61(55,56)59-42-45(49)48(53)54)60-47(52)39-35-32-29-26-23-20-17-18-21-24-27-30-33-37-43(50)36-4-2/h11-12,17,20-21,24,26,29-30,33,43-45,50H,3-10,13-16,18-19,22-23,25,27-28,31-32,34-42,49H2,1-2H3,(H,53,54)(H,55,56)/b12-11-,20-17-,24-21-,29-26-,33-30-/t43?,44-,45+/m1/s1. The maximum absolute atomic E-state index is 12.6. The Morgan fingerprint density at radius 1 is 0.574 bits per heavy atom. The highest BCUT2D eigenvalue weighted by atomic mass is 31.2. The number of esters is 2. The molecule has 5 N–H and O–H groups in total. The minimum atomic E-state index is -4.74. The first kappa shape index (κ1) is 58.1. The van der Waals surface area contributed by atoms with E-state index < -0.39 is 51.1 Å². The van der Waals surface area contributed by atoms with E-state index in [9.17, 15) is 28.9 Å². The molecule has 4 atom stereocenters. The molecule has 0 radical (unpaired) electrons. The summed E-state index contributed by atoms with van der Waals surface area (Å²) in [6.45, 7) is 2.54. The molecule has 0 aliphatic rings. The smallest absolute Gasteiger partial charge is 0.472 e. The SMILES string of the molecule is CCCCCCCC/C=C\CCCCCCCCCCCC(=O)OC[C@H](COP(=O)(O)OC[C@H](N)C(=O)O)OC(=O)CCC/C=C\C/C=C\C/C=C\C/C=C\CC(O)CCC. The van der Waals surface area contributed by atoms with E-state index in [1.807, 2.05) is 18.2 Å². The monoisotopic (exact) mass is 882 g/mol. The fraction of sp³-hybridized carbons (Fsp3) is 0.729. The van der Waals surface area contributed by atoms with E-state index in [4.69, 9.17) is 24.8 Å². The topological polar surface area (TPSA) is 192 Å². The molecule has 0 spiro atoms. The lowest BCUT2D eigenvalue weighted by molar-refractivity contribution is -0.161. The van der Waals surface area contributed by atoms with Gasteiger partial charge in [-0.1, -0.05) is 158 Å². The van der Waals surface area contributed by atoms with Gasteiger partial charge in [0, 0.05) is 12.8 Å². The van der Waals surface area contributed by atoms with Crippen LogP contribution in [0.3, 0.4) is 0 Å². The van der Waals surface area contributed by atoms with Crippen molar-refractivity contribution in [2.24, 2.45) is 5.73 Å². The van der Waals surface area contributed by atoms with Gasteiger partial charge in [-0.3, -0.25) is 23.4 Å². The number of phosphoric acid groups is 1. The molecule has 0 fully saturated rings. The molecular formula is C48H84NO11P. The van der Waals surface area contributed by atoms with Crippen molar-refractivity contribution in [2.45, 2.75) is 205 Å². The van der Waals surface area contributed by atoms with E-state index >= 15 is 0 Å². The van der Waals surface area contributed by atoms with Gasteiger partial charge in [0.05, 0.1) is 19.3 Å². The predicted octanol–water partition coefficient (Wildman–Crippen LogP) is 11.7. The molecule has 352 valence electrons. The third-order valence-electron chi connectivity index (χ3n) is 9.79. The molecule has 0 aromatic heterocycles. The molecule has 12 nitrogen and oxygen atoms in total. The number of phosphoric ester groups is 1. The van der Waals surface area contributed by atoms with Crippen LogP contribution in [0.15, 0.2) is 60.8 Å². The first-order valence-corrected chi connectivity index (χ1v) is 24.9. The van der Waals surface area contributed by atoms with Crippen molar-refractivity contribution in [1.29, 1.82) is 0 Å². The number of carboxylic acid groups (broad SMARTS) is 1. The second kappa shape index (κ2) is 42.4. The zero-order valence-corrected chi connectivity index (χ0v) is 38.7. The minimum absolute atomic E-state index is 0.0683. The number of carboxylic acids is 1. The maximum Gasteiger partial charge on any atom is 0.472 e. The molecule has 0 saturated heterocycles. The van der Waals surface area contributed by atoms with Crippen LogP contribution in [0, 0.1) is 0 Å². The van der Waals surface area contributed by atoms with Crippen molar-refractivity contribution in [3.8, 4) is 0 Å². The van der Waals surface area contributed by atoms with Crippen LogP contribution in [0.25, 0.3) is 0 Å². The first-order chi connectivity index (χ1) is 29.5. The van der Waals surface area contributed by atoms with Crippen molar-refractivity contribution in [2.75, 3.05) is 19.8 Å². The van der Waals surface area contributed by atoms with Crippen LogP contribution < -0.4 is 5.73 Å². The number of allylic oxidation sites excluding steroid dienone is 9. The lowest BCUT2D eigenvalue weighted by Gasteiger charge is -2.20. The zero-order chi connectivity index (χ0) is 45.1. The van der Waals surface area contributed by atoms with Gasteiger partial charge in [0.15, 0.2) is 6.10 Å². The van der Waals surface area contributed by atoms with E-state index in [1.54, 1.807) is 0 Å². The second-order valence-electron chi connectivity index (χ2n) is 15.7. The molecule has 13 heteroatoms. The molecule has 0 amide bonds. The third kappa shape index (κ3) is 42.2. The van der Waals surface area contributed by atoms with Gasteiger partial charge in [-0.25, -0.2) is 4.57 Å². The van der Waals surface area contributed by atoms with Gasteiger partial charge < -0.3 is 30.3 Å². The number of aliphatic hydroxyl groups excluding tert-OH is 1. The zero-order valence-electron chi connectivity index (χ0n) is 37.9. The van der Waals surface area contributed by atoms with Gasteiger partial charge in [0.25, 0.3) is 0 Å². The first-order valence-electron chi connectivity index (χ1n) is 23.4. The highest BCUT2D eigenvalue weighted by molar-refractivity contribution is 7.47. The normalized spacial score (nSPS) is 14.7. The average Bonchev–Trinajstić information content (AvgIpc) is 3.23. The van der Waals surface area contributed by atoms with Crippen LogP contribution >= 0.6 is 7.82 Å². The largest absolute Gasteiger partial charge is 0.480 e. The number of ether oxygens (including phenoxy) is 2. The van der Waals surface area contributed by atoms with Crippen LogP contribution in [0.5, 0.6) is 0 Å². The average molecular weight is 882 g/mol. The van der Waals surface area contributed by atoms with Crippen molar-refractivity contribution in [3.63, 3.8) is 0 Å². The number of rotatable bonds is 43. The summed E-state index contributed by atoms with van der Waals surface area (Å²) in [5.74, 6) is -2.48. The Morgan fingerprint density at radius 2 is 1.03 bits per heavy atom. The van der Waals surface area contributed by atoms with E-state index in [-0.39, 0.29) is 25.6 Å². The fourth-order valence-electron chi connectivity index (χ4n) is 6.13. The molecule has 0 rings (SSSR count). The molecule has 2 unspecified atom stereocenters. The maximum atomic E-state index is 12.6. The molecule has 0 aromatic rings. The summed E-state index contributed by atoms with van der Waals surface area (Å²) >= 11 is 0. The Morgan fingerprint density at radius 3 is 1.59 bits per heavy atom. The summed E-state index contributed by atoms with van der Waals surface area (Å²) in [5.41, 5.74) is 5.33. The highest BCUT2D eigenvalue weighted by Gasteiger charge is 2.28. The molecule has 0 aromatic carbocycles. The molecule has 0 aliphatic heterocycles. The molecular weight excluding hydrogens is 797 g/mol. The molecule has 61 heavy (non-hydrogen) atoms. The lowest BCUT2D eigenvalue weighted by Crippen LogP contribution is -2.34. The highest BCUT2D eigenvalue weighted by Crippen LogP contribution is 2.43. The summed E-state index contributed by atoms with van der Waals surface area (Å²) in [5, 5.41) is 18.6. The van der Waals surface area contributed by atoms with Gasteiger partial charge in [-0.15, -0.1) is 0 Å². The lowest BCUT2D eigenvalue weighted by atomic mass is 10.1. The minimum Gasteiger partial charge on any atom is -0.480 e. The Balaban J connectivity index is 4.42. The molecule has 0 saturated carbocycles. The van der Waals surface area contributed by atoms with Crippen molar-refractivity contribution in [1.82, 2.24) is 0 Å². The third-order valence-corrected chi connectivity index (χ3v) is 10.7. The number of carbonyl (C=O) groups is 3. The van der Waals surface area contributed by atoms with Gasteiger partial charge >= 0.3 is 25.7 Å². The van der Waals surface area contributed by atoms with Gasteiger partial charge in [-0.2, -0.15) is 0 Å². The van der Waals surface area contributed by atoms with Gasteiger partial charge in [-0.05, 0) is 77.0 Å². The van der Waals surface area contributed by atoms with Crippen LogP contribution in [0.1, 0.15) is 187 Å². The number of hydrogen-bond donors (Lipinski definition) is 4. The molecule has 0 aliphatic carbocycles. The summed E-state index contributed by atoms with van der Waals surface area (Å²) in [6, 6.07) is -1.54. The van der Waals surface area contributed by atoms with E-state index in [1.165, 1.54) is 83.5 Å². The van der Waals surface area contributed by atoms with Crippen molar-refractivity contribution >= 4 is 25.7 Å². The Labute approximate surface area is 369 Å². The summed E-state index contributed by atoms with van der Waals surface area (Å²) in [4.78, 5) is 46.0. The number of aliphatic carboxylic acids is 1. The number of carbonyl (C=O) groups excluding carboxylic acids is 2. The summed E-state index contributed by atoms with van der Waals surface area (Å²) < 4.78 is 32.7. The summed E-state index contributed by atoms with van der Waals surface area (Å²) in [7, 11) is -4.74. The van der Waals surface area contributed by atoms with Crippen LogP contribution in [-0.4, -0.2) is 71.1 Å². The fourth-order valence-corrected chi connectivity index (χ4v) is 6.90. The summed E-state index contributed by atoms with van der Waals surface area (Å²) in [6.07, 6.45) is 46.4. The number of nitrogens with two attached hydrogens (primary N) is 1. The van der Waals surface area contributed by atoms with Crippen molar-refractivity contribution in [3.05, 3.63) is 60.8 Å². The van der Waals surface area contributed by atoms with Crippen LogP contribution in [-0.2, 0) is 37.5 Å². The Kier molecular flexibility index (Phi) is 40.5.